The van der Waals surface area contributed by atoms with Gasteiger partial charge < -0.3 is 10.4 Å². The lowest BCUT2D eigenvalue weighted by atomic mass is 9.97. The summed E-state index contributed by atoms with van der Waals surface area (Å²) >= 11 is 1.29. The summed E-state index contributed by atoms with van der Waals surface area (Å²) in [5, 5.41) is 13.9. The number of nitrogens with one attached hydrogen (secondary N) is 1. The largest absolute Gasteiger partial charge is 0.508 e. The number of hydrogen-bond donors (Lipinski definition) is 2. The average molecular weight is 429 g/mol. The molecule has 0 saturated carbocycles. The summed E-state index contributed by atoms with van der Waals surface area (Å²) in [7, 11) is 0. The van der Waals surface area contributed by atoms with Crippen LogP contribution < -0.4 is 10.2 Å². The van der Waals surface area contributed by atoms with Crippen LogP contribution in [0.2, 0.25) is 0 Å². The lowest BCUT2D eigenvalue weighted by molar-refractivity contribution is -0.120. The van der Waals surface area contributed by atoms with Gasteiger partial charge in [0.25, 0.3) is 11.8 Å². The number of phenols is 1. The molecule has 0 unspecified atom stereocenters. The van der Waals surface area contributed by atoms with E-state index < -0.39 is 6.04 Å². The molecule has 2 heterocycles. The maximum absolute atomic E-state index is 13.6. The third-order valence-corrected chi connectivity index (χ3v) is 6.79. The molecule has 2 aliphatic rings. The summed E-state index contributed by atoms with van der Waals surface area (Å²) in [6.45, 7) is 2.06. The Kier molecular flexibility index (Phi) is 4.79. The van der Waals surface area contributed by atoms with Crippen LogP contribution in [0.5, 0.6) is 5.75 Å². The van der Waals surface area contributed by atoms with E-state index in [1.807, 2.05) is 54.6 Å². The molecule has 0 spiro atoms. The molecule has 2 amide bonds. The van der Waals surface area contributed by atoms with Crippen LogP contribution in [0.25, 0.3) is 0 Å². The van der Waals surface area contributed by atoms with Gasteiger partial charge in [-0.05, 0) is 42.3 Å². The Balaban J connectivity index is 1.65. The van der Waals surface area contributed by atoms with Crippen molar-refractivity contribution in [2.75, 3.05) is 10.2 Å². The smallest absolute Gasteiger partial charge is 0.272 e. The van der Waals surface area contributed by atoms with Crippen molar-refractivity contribution in [2.45, 2.75) is 24.3 Å². The van der Waals surface area contributed by atoms with Crippen LogP contribution in [0.4, 0.5) is 11.4 Å². The minimum atomic E-state index is -0.649. The second kappa shape index (κ2) is 7.63. The van der Waals surface area contributed by atoms with E-state index in [0.29, 0.717) is 21.7 Å². The van der Waals surface area contributed by atoms with E-state index >= 15 is 0 Å². The van der Waals surface area contributed by atoms with Gasteiger partial charge in [0.2, 0.25) is 0 Å². The van der Waals surface area contributed by atoms with E-state index in [0.717, 1.165) is 22.6 Å². The number of carbonyl (C=O) groups is 2. The van der Waals surface area contributed by atoms with E-state index in [1.165, 1.54) is 16.7 Å². The zero-order chi connectivity index (χ0) is 21.5. The van der Waals surface area contributed by atoms with E-state index in [2.05, 4.69) is 12.2 Å². The molecule has 5 nitrogen and oxygen atoms in total. The monoisotopic (exact) mass is 428 g/mol. The normalized spacial score (nSPS) is 17.8. The van der Waals surface area contributed by atoms with Crippen molar-refractivity contribution in [1.29, 1.82) is 0 Å². The van der Waals surface area contributed by atoms with E-state index in [9.17, 15) is 14.7 Å². The fourth-order valence-electron chi connectivity index (χ4n) is 3.97. The first-order valence-electron chi connectivity index (χ1n) is 10.1. The fourth-order valence-corrected chi connectivity index (χ4v) is 5.07. The first-order chi connectivity index (χ1) is 15.1. The SMILES string of the molecule is CCc1ccc(N2C(=O)C3=C(C2=O)[C@@H](c2ccccc2O)Nc2ccccc2S3)cc1. The summed E-state index contributed by atoms with van der Waals surface area (Å²) in [4.78, 5) is 29.6. The molecule has 3 aromatic carbocycles. The van der Waals surface area contributed by atoms with Crippen molar-refractivity contribution in [3.63, 3.8) is 0 Å². The number of carbonyl (C=O) groups excluding carboxylic acids is 2. The van der Waals surface area contributed by atoms with E-state index in [-0.39, 0.29) is 17.6 Å². The standard InChI is InChI=1S/C25H20N2O3S/c1-2-15-11-13-16(14-12-15)27-24(29)21-22(17-7-3-5-9-19(17)28)26-18-8-4-6-10-20(18)31-23(21)25(27)30/h3-14,22,26,28H,2H2,1H3/t22-/m1/s1. The summed E-state index contributed by atoms with van der Waals surface area (Å²) in [6.07, 6.45) is 0.878. The molecule has 3 aromatic rings. The Morgan fingerprint density at radius 1 is 0.935 bits per heavy atom. The van der Waals surface area contributed by atoms with Crippen LogP contribution in [-0.2, 0) is 16.0 Å². The number of amides is 2. The zero-order valence-electron chi connectivity index (χ0n) is 16.8. The highest BCUT2D eigenvalue weighted by Gasteiger charge is 2.45. The molecule has 6 heteroatoms. The van der Waals surface area contributed by atoms with Gasteiger partial charge in [0.15, 0.2) is 0 Å². The lowest BCUT2D eigenvalue weighted by Crippen LogP contribution is -2.33. The van der Waals surface area contributed by atoms with E-state index in [4.69, 9.17) is 0 Å². The average Bonchev–Trinajstić information content (AvgIpc) is 2.93. The van der Waals surface area contributed by atoms with Crippen LogP contribution in [0.15, 0.2) is 88.2 Å². The molecule has 0 radical (unpaired) electrons. The Labute approximate surface area is 184 Å². The number of fused-ring (bicyclic) bond motifs is 1. The van der Waals surface area contributed by atoms with Crippen LogP contribution in [0, 0.1) is 0 Å². The summed E-state index contributed by atoms with van der Waals surface area (Å²) in [6, 6.07) is 21.4. The Morgan fingerprint density at radius 3 is 2.39 bits per heavy atom. The number of para-hydroxylation sites is 2. The van der Waals surface area contributed by atoms with Crippen molar-refractivity contribution >= 4 is 35.0 Å². The number of aromatic hydroxyl groups is 1. The van der Waals surface area contributed by atoms with Crippen LogP contribution >= 0.6 is 11.8 Å². The highest BCUT2D eigenvalue weighted by Crippen LogP contribution is 2.49. The van der Waals surface area contributed by atoms with Crippen molar-refractivity contribution in [2.24, 2.45) is 0 Å². The number of phenolic OH excluding ortho intramolecular Hbond substituents is 1. The molecule has 0 aliphatic carbocycles. The first kappa shape index (κ1) is 19.5. The van der Waals surface area contributed by atoms with Crippen molar-refractivity contribution in [3.8, 4) is 5.75 Å². The number of imide groups is 1. The molecule has 5 rings (SSSR count). The zero-order valence-corrected chi connectivity index (χ0v) is 17.6. The Bertz CT molecular complexity index is 1230. The van der Waals surface area contributed by atoms with Gasteiger partial charge in [-0.25, -0.2) is 4.90 Å². The lowest BCUT2D eigenvalue weighted by Gasteiger charge is -2.23. The highest BCUT2D eigenvalue weighted by molar-refractivity contribution is 8.04. The fraction of sp³-hybridized carbons (Fsp3) is 0.120. The van der Waals surface area contributed by atoms with Crippen molar-refractivity contribution in [1.82, 2.24) is 0 Å². The third-order valence-electron chi connectivity index (χ3n) is 5.61. The van der Waals surface area contributed by atoms with Crippen molar-refractivity contribution in [3.05, 3.63) is 94.4 Å². The number of anilines is 2. The van der Waals surface area contributed by atoms with E-state index in [1.54, 1.807) is 18.2 Å². The molecule has 0 saturated heterocycles. The molecule has 31 heavy (non-hydrogen) atoms. The Morgan fingerprint density at radius 2 is 1.65 bits per heavy atom. The van der Waals surface area contributed by atoms with Gasteiger partial charge in [-0.1, -0.05) is 61.2 Å². The topological polar surface area (TPSA) is 69.6 Å². The Hall–Kier alpha value is -3.51. The number of nitrogens with zero attached hydrogens (tertiary/aromatic N) is 1. The molecule has 0 fully saturated rings. The maximum atomic E-state index is 13.6. The summed E-state index contributed by atoms with van der Waals surface area (Å²) in [5.74, 6) is -0.638. The van der Waals surface area contributed by atoms with Crippen LogP contribution in [0.1, 0.15) is 24.1 Å². The molecule has 154 valence electrons. The van der Waals surface area contributed by atoms with Gasteiger partial charge in [-0.15, -0.1) is 0 Å². The third kappa shape index (κ3) is 3.20. The predicted molar refractivity (Wildman–Crippen MR) is 122 cm³/mol. The molecular formula is C25H20N2O3S. The maximum Gasteiger partial charge on any atom is 0.272 e. The van der Waals surface area contributed by atoms with Gasteiger partial charge in [-0.2, -0.15) is 0 Å². The summed E-state index contributed by atoms with van der Waals surface area (Å²) in [5.41, 5.74) is 3.40. The number of hydrogen-bond acceptors (Lipinski definition) is 5. The quantitative estimate of drug-likeness (QED) is 0.572. The minimum Gasteiger partial charge on any atom is -0.508 e. The second-order valence-corrected chi connectivity index (χ2v) is 8.50. The van der Waals surface area contributed by atoms with Crippen LogP contribution in [0.3, 0.4) is 0 Å². The molecule has 0 aromatic heterocycles. The highest BCUT2D eigenvalue weighted by atomic mass is 32.2. The molecule has 2 N–H and O–H groups in total. The molecule has 0 bridgehead atoms. The summed E-state index contributed by atoms with van der Waals surface area (Å²) < 4.78 is 0. The molecule has 2 aliphatic heterocycles. The minimum absolute atomic E-state index is 0.0715. The second-order valence-electron chi connectivity index (χ2n) is 7.44. The number of benzene rings is 3. The van der Waals surface area contributed by atoms with Gasteiger partial charge >= 0.3 is 0 Å². The number of thioether (sulfide) groups is 1. The van der Waals surface area contributed by atoms with Crippen molar-refractivity contribution < 1.29 is 14.7 Å². The first-order valence-corrected chi connectivity index (χ1v) is 10.9. The number of rotatable bonds is 3. The predicted octanol–water partition coefficient (Wildman–Crippen LogP) is 5.04. The van der Waals surface area contributed by atoms with Crippen LogP contribution in [-0.4, -0.2) is 16.9 Å². The van der Waals surface area contributed by atoms with Gasteiger partial charge in [-0.3, -0.25) is 9.59 Å². The van der Waals surface area contributed by atoms with Gasteiger partial charge in [0.1, 0.15) is 5.75 Å². The van der Waals surface area contributed by atoms with Gasteiger partial charge in [0, 0.05) is 16.1 Å². The molecule has 1 atom stereocenters. The van der Waals surface area contributed by atoms with Gasteiger partial charge in [0.05, 0.1) is 22.2 Å². The molecular weight excluding hydrogens is 408 g/mol. The number of aryl methyl sites for hydroxylation is 1.